The Morgan fingerprint density at radius 3 is 2.76 bits per heavy atom. The summed E-state index contributed by atoms with van der Waals surface area (Å²) in [5, 5.41) is 5.97. The first-order valence-corrected chi connectivity index (χ1v) is 7.27. The van der Waals surface area contributed by atoms with Gasteiger partial charge < -0.3 is 24.8 Å². The van der Waals surface area contributed by atoms with E-state index in [1.807, 2.05) is 13.8 Å². The van der Waals surface area contributed by atoms with Crippen molar-refractivity contribution in [1.82, 2.24) is 5.32 Å². The number of benzene rings is 1. The third kappa shape index (κ3) is 4.34. The van der Waals surface area contributed by atoms with Crippen LogP contribution in [0.15, 0.2) is 18.2 Å². The highest BCUT2D eigenvalue weighted by molar-refractivity contribution is 5.94. The topological polar surface area (TPSA) is 68.8 Å². The SMILES string of the molecule is CCOc1ccc(NC(=O)C2CNCCO2)cc1OCC. The van der Waals surface area contributed by atoms with Crippen LogP contribution in [0, 0.1) is 0 Å². The molecule has 1 aliphatic rings. The van der Waals surface area contributed by atoms with Gasteiger partial charge in [-0.05, 0) is 26.0 Å². The summed E-state index contributed by atoms with van der Waals surface area (Å²) in [6.45, 7) is 6.77. The highest BCUT2D eigenvalue weighted by Gasteiger charge is 2.22. The van der Waals surface area contributed by atoms with Crippen molar-refractivity contribution in [3.05, 3.63) is 18.2 Å². The molecule has 0 radical (unpaired) electrons. The summed E-state index contributed by atoms with van der Waals surface area (Å²) in [7, 11) is 0. The van der Waals surface area contributed by atoms with Crippen LogP contribution in [0.25, 0.3) is 0 Å². The molecule has 1 heterocycles. The van der Waals surface area contributed by atoms with Gasteiger partial charge in [0, 0.05) is 24.8 Å². The molecule has 1 atom stereocenters. The van der Waals surface area contributed by atoms with Crippen molar-refractivity contribution >= 4 is 11.6 Å². The molecule has 0 saturated carbocycles. The largest absolute Gasteiger partial charge is 0.490 e. The molecule has 116 valence electrons. The zero-order chi connectivity index (χ0) is 15.1. The average Bonchev–Trinajstić information content (AvgIpc) is 2.51. The maximum absolute atomic E-state index is 12.1. The lowest BCUT2D eigenvalue weighted by molar-refractivity contribution is -0.128. The first kappa shape index (κ1) is 15.6. The van der Waals surface area contributed by atoms with Crippen LogP contribution in [0.5, 0.6) is 11.5 Å². The number of morpholine rings is 1. The van der Waals surface area contributed by atoms with Crippen molar-refractivity contribution in [1.29, 1.82) is 0 Å². The second kappa shape index (κ2) is 7.85. The Kier molecular flexibility index (Phi) is 5.83. The van der Waals surface area contributed by atoms with Gasteiger partial charge in [0.2, 0.25) is 0 Å². The van der Waals surface area contributed by atoms with E-state index in [0.717, 1.165) is 6.54 Å². The quantitative estimate of drug-likeness (QED) is 0.830. The lowest BCUT2D eigenvalue weighted by Gasteiger charge is -2.23. The molecule has 6 nitrogen and oxygen atoms in total. The maximum atomic E-state index is 12.1. The summed E-state index contributed by atoms with van der Waals surface area (Å²) in [5.41, 5.74) is 0.668. The number of rotatable bonds is 6. The van der Waals surface area contributed by atoms with Gasteiger partial charge in [-0.2, -0.15) is 0 Å². The third-order valence-electron chi connectivity index (χ3n) is 3.03. The standard InChI is InChI=1S/C15H22N2O4/c1-3-19-12-6-5-11(9-13(12)20-4-2)17-15(18)14-10-16-7-8-21-14/h5-6,9,14,16H,3-4,7-8,10H2,1-2H3,(H,17,18). The number of hydrogen-bond donors (Lipinski definition) is 2. The molecule has 1 unspecified atom stereocenters. The lowest BCUT2D eigenvalue weighted by atomic mass is 10.2. The molecule has 1 aliphatic heterocycles. The molecule has 1 fully saturated rings. The van der Waals surface area contributed by atoms with Crippen LogP contribution in [0.3, 0.4) is 0 Å². The first-order chi connectivity index (χ1) is 10.2. The summed E-state index contributed by atoms with van der Waals surface area (Å²) < 4.78 is 16.5. The van der Waals surface area contributed by atoms with Crippen molar-refractivity contribution in [2.24, 2.45) is 0 Å². The Bertz CT molecular complexity index is 473. The molecule has 1 amide bonds. The second-order valence-electron chi connectivity index (χ2n) is 4.58. The summed E-state index contributed by atoms with van der Waals surface area (Å²) in [4.78, 5) is 12.1. The van der Waals surface area contributed by atoms with Crippen molar-refractivity contribution < 1.29 is 19.0 Å². The van der Waals surface area contributed by atoms with E-state index in [1.54, 1.807) is 18.2 Å². The van der Waals surface area contributed by atoms with Crippen LogP contribution >= 0.6 is 0 Å². The van der Waals surface area contributed by atoms with Gasteiger partial charge in [0.15, 0.2) is 11.5 Å². The van der Waals surface area contributed by atoms with Crippen LogP contribution in [-0.4, -0.2) is 44.9 Å². The van der Waals surface area contributed by atoms with Crippen LogP contribution in [0.4, 0.5) is 5.69 Å². The summed E-state index contributed by atoms with van der Waals surface area (Å²) in [5.74, 6) is 1.14. The van der Waals surface area contributed by atoms with E-state index < -0.39 is 6.10 Å². The smallest absolute Gasteiger partial charge is 0.254 e. The minimum atomic E-state index is -0.458. The van der Waals surface area contributed by atoms with Gasteiger partial charge in [-0.15, -0.1) is 0 Å². The maximum Gasteiger partial charge on any atom is 0.254 e. The van der Waals surface area contributed by atoms with E-state index in [-0.39, 0.29) is 5.91 Å². The number of carbonyl (C=O) groups excluding carboxylic acids is 1. The first-order valence-electron chi connectivity index (χ1n) is 7.27. The van der Waals surface area contributed by atoms with E-state index in [2.05, 4.69) is 10.6 Å². The highest BCUT2D eigenvalue weighted by atomic mass is 16.5. The summed E-state index contributed by atoms with van der Waals surface area (Å²) in [6.07, 6.45) is -0.458. The van der Waals surface area contributed by atoms with Gasteiger partial charge in [0.25, 0.3) is 5.91 Å². The molecule has 2 rings (SSSR count). The Morgan fingerprint density at radius 2 is 2.10 bits per heavy atom. The van der Waals surface area contributed by atoms with Gasteiger partial charge >= 0.3 is 0 Å². The van der Waals surface area contributed by atoms with Crippen molar-refractivity contribution in [2.45, 2.75) is 20.0 Å². The van der Waals surface area contributed by atoms with Crippen molar-refractivity contribution in [2.75, 3.05) is 38.2 Å². The van der Waals surface area contributed by atoms with Gasteiger partial charge in [0.05, 0.1) is 19.8 Å². The normalized spacial score (nSPS) is 18.1. The van der Waals surface area contributed by atoms with E-state index in [0.29, 0.717) is 43.6 Å². The average molecular weight is 294 g/mol. The minimum Gasteiger partial charge on any atom is -0.490 e. The third-order valence-corrected chi connectivity index (χ3v) is 3.03. The van der Waals surface area contributed by atoms with Crippen LogP contribution in [0.2, 0.25) is 0 Å². The highest BCUT2D eigenvalue weighted by Crippen LogP contribution is 2.30. The number of anilines is 1. The molecule has 0 bridgehead atoms. The van der Waals surface area contributed by atoms with Crippen LogP contribution in [-0.2, 0) is 9.53 Å². The fourth-order valence-corrected chi connectivity index (χ4v) is 2.09. The Balaban J connectivity index is 2.05. The number of carbonyl (C=O) groups is 1. The van der Waals surface area contributed by atoms with Crippen LogP contribution < -0.4 is 20.1 Å². The van der Waals surface area contributed by atoms with E-state index in [4.69, 9.17) is 14.2 Å². The molecule has 2 N–H and O–H groups in total. The van der Waals surface area contributed by atoms with E-state index in [9.17, 15) is 4.79 Å². The second-order valence-corrected chi connectivity index (χ2v) is 4.58. The van der Waals surface area contributed by atoms with Gasteiger partial charge in [0.1, 0.15) is 6.10 Å². The number of hydrogen-bond acceptors (Lipinski definition) is 5. The molecular formula is C15H22N2O4. The van der Waals surface area contributed by atoms with Gasteiger partial charge in [-0.1, -0.05) is 0 Å². The van der Waals surface area contributed by atoms with E-state index >= 15 is 0 Å². The molecule has 0 spiro atoms. The van der Waals surface area contributed by atoms with Gasteiger partial charge in [-0.25, -0.2) is 0 Å². The molecule has 1 aromatic carbocycles. The molecule has 0 aromatic heterocycles. The fourth-order valence-electron chi connectivity index (χ4n) is 2.09. The number of nitrogens with one attached hydrogen (secondary N) is 2. The zero-order valence-corrected chi connectivity index (χ0v) is 12.5. The van der Waals surface area contributed by atoms with Gasteiger partial charge in [-0.3, -0.25) is 4.79 Å². The summed E-state index contributed by atoms with van der Waals surface area (Å²) in [6, 6.07) is 5.36. The predicted molar refractivity (Wildman–Crippen MR) is 80.0 cm³/mol. The van der Waals surface area contributed by atoms with E-state index in [1.165, 1.54) is 0 Å². The minimum absolute atomic E-state index is 0.159. The molecule has 21 heavy (non-hydrogen) atoms. The number of amides is 1. The predicted octanol–water partition coefficient (Wildman–Crippen LogP) is 1.41. The molecule has 6 heteroatoms. The Morgan fingerprint density at radius 1 is 1.33 bits per heavy atom. The zero-order valence-electron chi connectivity index (χ0n) is 12.5. The fraction of sp³-hybridized carbons (Fsp3) is 0.533. The molecular weight excluding hydrogens is 272 g/mol. The molecule has 0 aliphatic carbocycles. The molecule has 1 aromatic rings. The Hall–Kier alpha value is -1.79. The van der Waals surface area contributed by atoms with Crippen LogP contribution in [0.1, 0.15) is 13.8 Å². The van der Waals surface area contributed by atoms with Crippen molar-refractivity contribution in [3.63, 3.8) is 0 Å². The lowest BCUT2D eigenvalue weighted by Crippen LogP contribution is -2.45. The van der Waals surface area contributed by atoms with Crippen molar-refractivity contribution in [3.8, 4) is 11.5 Å². The number of ether oxygens (including phenoxy) is 3. The molecule has 1 saturated heterocycles. The monoisotopic (exact) mass is 294 g/mol. The summed E-state index contributed by atoms with van der Waals surface area (Å²) >= 11 is 0. The Labute approximate surface area is 124 Å².